The van der Waals surface area contributed by atoms with E-state index < -0.39 is 0 Å². The van der Waals surface area contributed by atoms with Crippen molar-refractivity contribution in [1.29, 1.82) is 0 Å². The van der Waals surface area contributed by atoms with Gasteiger partial charge in [0.1, 0.15) is 0 Å². The molecule has 0 bridgehead atoms. The molecule has 15 heteroatoms. The molecule has 0 radical (unpaired) electrons. The number of nitrogens with zero attached hydrogens (tertiary/aromatic N) is 8. The fraction of sp³-hybridized carbons (Fsp3) is 0.700. The molecule has 3 heterocycles. The van der Waals surface area contributed by atoms with Gasteiger partial charge < -0.3 is 41.1 Å². The van der Waals surface area contributed by atoms with Crippen LogP contribution >= 0.6 is 0 Å². The Bertz CT molecular complexity index is 1110. The number of nitrogens with one attached hydrogen (secondary N) is 1. The highest BCUT2D eigenvalue weighted by Gasteiger charge is 2.24. The summed E-state index contributed by atoms with van der Waals surface area (Å²) in [7, 11) is 0. The van der Waals surface area contributed by atoms with E-state index in [9.17, 15) is 20.4 Å². The standard InChI is InChI=1S/C30H52N10O5/c31-28-33-29(35-30(34-28)40-15-21-45-22-16-40)32-26-3-1-25(2-4-26)23-27-24-38(13-19-43)8-7-36(11-17-41)5-6-37(12-18-42)9-10-39(27)14-20-44/h1-4,27,41-44H,5-24H2,(H3,31,32,33,34,35). The number of morpholine rings is 1. The Morgan fingerprint density at radius 2 is 1.29 bits per heavy atom. The van der Waals surface area contributed by atoms with E-state index in [0.717, 1.165) is 63.5 Å². The lowest BCUT2D eigenvalue weighted by Crippen LogP contribution is -2.52. The summed E-state index contributed by atoms with van der Waals surface area (Å²) in [5.41, 5.74) is 7.97. The van der Waals surface area contributed by atoms with Crippen LogP contribution in [0.3, 0.4) is 0 Å². The third-order valence-corrected chi connectivity index (χ3v) is 8.41. The Balaban J connectivity index is 1.49. The summed E-state index contributed by atoms with van der Waals surface area (Å²) in [5.74, 6) is 1.06. The number of aliphatic hydroxyl groups is 4. The second-order valence-electron chi connectivity index (χ2n) is 11.5. The molecular weight excluding hydrogens is 580 g/mol. The molecule has 45 heavy (non-hydrogen) atoms. The minimum absolute atomic E-state index is 0.0468. The first-order chi connectivity index (χ1) is 22.0. The molecule has 2 aliphatic heterocycles. The van der Waals surface area contributed by atoms with Gasteiger partial charge in [0.05, 0.1) is 39.6 Å². The van der Waals surface area contributed by atoms with E-state index >= 15 is 0 Å². The summed E-state index contributed by atoms with van der Waals surface area (Å²) in [6, 6.07) is 8.25. The van der Waals surface area contributed by atoms with Gasteiger partial charge in [-0.3, -0.25) is 19.6 Å². The van der Waals surface area contributed by atoms with Crippen LogP contribution in [0, 0.1) is 0 Å². The first-order valence-electron chi connectivity index (χ1n) is 16.1. The van der Waals surface area contributed by atoms with Crippen molar-refractivity contribution in [3.63, 3.8) is 0 Å². The first-order valence-corrected chi connectivity index (χ1v) is 16.1. The van der Waals surface area contributed by atoms with Crippen molar-refractivity contribution in [1.82, 2.24) is 34.6 Å². The van der Waals surface area contributed by atoms with Crippen LogP contribution in [0.25, 0.3) is 0 Å². The van der Waals surface area contributed by atoms with Gasteiger partial charge in [-0.05, 0) is 24.1 Å². The molecule has 2 saturated heterocycles. The maximum absolute atomic E-state index is 10.0. The monoisotopic (exact) mass is 632 g/mol. The number of rotatable bonds is 13. The van der Waals surface area contributed by atoms with E-state index in [1.54, 1.807) is 0 Å². The molecule has 0 saturated carbocycles. The van der Waals surface area contributed by atoms with Gasteiger partial charge in [-0.25, -0.2) is 0 Å². The molecule has 1 aromatic heterocycles. The molecule has 1 unspecified atom stereocenters. The molecule has 2 aliphatic rings. The zero-order valence-electron chi connectivity index (χ0n) is 26.4. The lowest BCUT2D eigenvalue weighted by Gasteiger charge is -2.38. The van der Waals surface area contributed by atoms with Gasteiger partial charge in [-0.2, -0.15) is 15.0 Å². The number of ether oxygens (including phenoxy) is 1. The molecular formula is C30H52N10O5. The summed E-state index contributed by atoms with van der Waals surface area (Å²) in [6.07, 6.45) is 0.752. The molecule has 1 aromatic carbocycles. The van der Waals surface area contributed by atoms with Gasteiger partial charge in [0, 0.05) is 96.8 Å². The Kier molecular flexibility index (Phi) is 14.9. The topological polar surface area (TPSA) is 183 Å². The van der Waals surface area contributed by atoms with Gasteiger partial charge in [0.15, 0.2) is 0 Å². The van der Waals surface area contributed by atoms with Crippen LogP contribution in [0.2, 0.25) is 0 Å². The second kappa shape index (κ2) is 19.1. The minimum atomic E-state index is 0.0468. The highest BCUT2D eigenvalue weighted by Crippen LogP contribution is 2.20. The first kappa shape index (κ1) is 35.1. The normalized spacial score (nSPS) is 20.5. The predicted molar refractivity (Wildman–Crippen MR) is 174 cm³/mol. The lowest BCUT2D eigenvalue weighted by atomic mass is 10.0. The number of nitrogen functional groups attached to an aromatic ring is 1. The summed E-state index contributed by atoms with van der Waals surface area (Å²) in [4.78, 5) is 24.3. The number of hydrogen-bond donors (Lipinski definition) is 6. The van der Waals surface area contributed by atoms with E-state index in [0.29, 0.717) is 64.4 Å². The third-order valence-electron chi connectivity index (χ3n) is 8.41. The van der Waals surface area contributed by atoms with E-state index in [2.05, 4.69) is 52.0 Å². The molecule has 2 aromatic rings. The summed E-state index contributed by atoms with van der Waals surface area (Å²) >= 11 is 0. The second-order valence-corrected chi connectivity index (χ2v) is 11.5. The number of anilines is 4. The van der Waals surface area contributed by atoms with Gasteiger partial charge >= 0.3 is 0 Å². The van der Waals surface area contributed by atoms with Crippen molar-refractivity contribution in [2.75, 3.05) is 141 Å². The van der Waals surface area contributed by atoms with Crippen molar-refractivity contribution >= 4 is 23.5 Å². The maximum Gasteiger partial charge on any atom is 0.233 e. The van der Waals surface area contributed by atoms with Crippen molar-refractivity contribution in [3.8, 4) is 0 Å². The highest BCUT2D eigenvalue weighted by atomic mass is 16.5. The SMILES string of the molecule is Nc1nc(Nc2ccc(CC3CN(CCO)CCN(CCO)CCN(CCO)CCN3CCO)cc2)nc(N2CCOCC2)n1. The van der Waals surface area contributed by atoms with Gasteiger partial charge in [0.2, 0.25) is 17.8 Å². The zero-order valence-corrected chi connectivity index (χ0v) is 26.4. The van der Waals surface area contributed by atoms with Crippen LogP contribution in [-0.2, 0) is 11.2 Å². The number of β-amino-alcohol motifs (C(OH)–C–C–N with tert-alkyl or cyclic N) is 4. The van der Waals surface area contributed by atoms with Crippen LogP contribution in [0.1, 0.15) is 5.56 Å². The van der Waals surface area contributed by atoms with Crippen LogP contribution in [0.15, 0.2) is 24.3 Å². The quantitative estimate of drug-likeness (QED) is 0.144. The van der Waals surface area contributed by atoms with E-state index in [-0.39, 0.29) is 38.4 Å². The van der Waals surface area contributed by atoms with Crippen molar-refractivity contribution in [2.45, 2.75) is 12.5 Å². The number of benzene rings is 1. The van der Waals surface area contributed by atoms with Crippen LogP contribution in [0.5, 0.6) is 0 Å². The third kappa shape index (κ3) is 11.5. The van der Waals surface area contributed by atoms with Gasteiger partial charge in [0.25, 0.3) is 0 Å². The minimum Gasteiger partial charge on any atom is -0.395 e. The van der Waals surface area contributed by atoms with E-state index in [1.165, 1.54) is 0 Å². The molecule has 0 amide bonds. The molecule has 0 spiro atoms. The van der Waals surface area contributed by atoms with Crippen LogP contribution in [-0.4, -0.2) is 186 Å². The van der Waals surface area contributed by atoms with Crippen LogP contribution in [0.4, 0.5) is 23.5 Å². The largest absolute Gasteiger partial charge is 0.395 e. The Morgan fingerprint density at radius 1 is 0.711 bits per heavy atom. The average Bonchev–Trinajstić information content (AvgIpc) is 3.04. The van der Waals surface area contributed by atoms with Crippen molar-refractivity contribution in [3.05, 3.63) is 29.8 Å². The molecule has 7 N–H and O–H groups in total. The fourth-order valence-electron chi connectivity index (χ4n) is 5.90. The lowest BCUT2D eigenvalue weighted by molar-refractivity contribution is 0.0699. The van der Waals surface area contributed by atoms with Gasteiger partial charge in [-0.15, -0.1) is 0 Å². The Morgan fingerprint density at radius 3 is 1.91 bits per heavy atom. The Hall–Kier alpha value is -2.73. The summed E-state index contributed by atoms with van der Waals surface area (Å²) in [6.45, 7) is 10.5. The fourth-order valence-corrected chi connectivity index (χ4v) is 5.90. The molecule has 15 nitrogen and oxygen atoms in total. The maximum atomic E-state index is 10.0. The molecule has 1 atom stereocenters. The molecule has 252 valence electrons. The highest BCUT2D eigenvalue weighted by molar-refractivity contribution is 5.56. The smallest absolute Gasteiger partial charge is 0.233 e. The average molecular weight is 633 g/mol. The van der Waals surface area contributed by atoms with Crippen molar-refractivity contribution in [2.24, 2.45) is 0 Å². The number of hydrogen-bond acceptors (Lipinski definition) is 15. The zero-order chi connectivity index (χ0) is 31.9. The van der Waals surface area contributed by atoms with E-state index in [1.807, 2.05) is 17.0 Å². The van der Waals surface area contributed by atoms with E-state index in [4.69, 9.17) is 10.5 Å². The molecule has 0 aliphatic carbocycles. The molecule has 4 rings (SSSR count). The Labute approximate surface area is 266 Å². The van der Waals surface area contributed by atoms with Crippen molar-refractivity contribution < 1.29 is 25.2 Å². The number of aliphatic hydroxyl groups excluding tert-OH is 4. The van der Waals surface area contributed by atoms with Gasteiger partial charge in [-0.1, -0.05) is 12.1 Å². The summed E-state index contributed by atoms with van der Waals surface area (Å²) in [5, 5.41) is 42.4. The predicted octanol–water partition coefficient (Wildman–Crippen LogP) is -1.86. The number of aromatic nitrogens is 3. The van der Waals surface area contributed by atoms with Crippen LogP contribution < -0.4 is 16.0 Å². The number of nitrogens with two attached hydrogens (primary N) is 1. The summed E-state index contributed by atoms with van der Waals surface area (Å²) < 4.78 is 5.43. The molecule has 2 fully saturated rings.